The Morgan fingerprint density at radius 1 is 1.04 bits per heavy atom. The van der Waals surface area contributed by atoms with Gasteiger partial charge in [-0.25, -0.2) is 4.98 Å². The summed E-state index contributed by atoms with van der Waals surface area (Å²) in [6, 6.07) is 8.34. The van der Waals surface area contributed by atoms with E-state index in [1.54, 1.807) is 6.20 Å². The predicted octanol–water partition coefficient (Wildman–Crippen LogP) is 3.60. The maximum Gasteiger partial charge on any atom is 0.217 e. The number of aryl methyl sites for hydroxylation is 1. The van der Waals surface area contributed by atoms with E-state index in [4.69, 9.17) is 5.73 Å². The van der Waals surface area contributed by atoms with Crippen molar-refractivity contribution < 1.29 is 4.79 Å². The number of carbonyl (C=O) groups is 1. The molecule has 3 aromatic rings. The maximum absolute atomic E-state index is 10.7. The molecule has 0 fully saturated rings. The Kier molecular flexibility index (Phi) is 5.21. The highest BCUT2D eigenvalue weighted by molar-refractivity contribution is 5.85. The third kappa shape index (κ3) is 4.19. The highest BCUT2D eigenvalue weighted by Gasteiger charge is 2.05. The number of nitrogens with zero attached hydrogens (tertiary/aromatic N) is 2. The molecule has 0 unspecified atom stereocenters. The van der Waals surface area contributed by atoms with Gasteiger partial charge in [-0.15, -0.1) is 0 Å². The third-order valence-corrected chi connectivity index (χ3v) is 4.17. The molecule has 0 aliphatic rings. The van der Waals surface area contributed by atoms with Gasteiger partial charge in [0.1, 0.15) is 5.82 Å². The summed E-state index contributed by atoms with van der Waals surface area (Å²) in [6.45, 7) is 0. The maximum atomic E-state index is 10.7. The second-order valence-corrected chi connectivity index (χ2v) is 6.06. The molecule has 124 valence electrons. The molecule has 0 bridgehead atoms. The first-order valence-corrected chi connectivity index (χ1v) is 8.39. The number of imidazole rings is 1. The van der Waals surface area contributed by atoms with Crippen LogP contribution in [0.3, 0.4) is 0 Å². The molecule has 1 aromatic carbocycles. The van der Waals surface area contributed by atoms with Gasteiger partial charge in [-0.2, -0.15) is 0 Å². The molecule has 5 heteroatoms. The number of unbranched alkanes of at least 4 members (excludes halogenated alkanes) is 3. The van der Waals surface area contributed by atoms with Crippen LogP contribution in [0.15, 0.2) is 42.9 Å². The Morgan fingerprint density at radius 3 is 2.79 bits per heavy atom. The second kappa shape index (κ2) is 7.73. The second-order valence-electron chi connectivity index (χ2n) is 6.06. The zero-order valence-electron chi connectivity index (χ0n) is 13.7. The number of fused-ring (bicyclic) bond motifs is 1. The highest BCUT2D eigenvalue weighted by Crippen LogP contribution is 2.22. The number of hydrogen-bond acceptors (Lipinski definition) is 3. The summed E-state index contributed by atoms with van der Waals surface area (Å²) in [5.41, 5.74) is 7.29. The van der Waals surface area contributed by atoms with E-state index in [0.29, 0.717) is 6.42 Å². The molecule has 2 aromatic heterocycles. The fourth-order valence-electron chi connectivity index (χ4n) is 2.83. The number of carbonyl (C=O) groups excluding carboxylic acids is 1. The van der Waals surface area contributed by atoms with Gasteiger partial charge >= 0.3 is 0 Å². The minimum atomic E-state index is -0.212. The van der Waals surface area contributed by atoms with Crippen molar-refractivity contribution in [1.29, 1.82) is 0 Å². The number of primary amides is 1. The average Bonchev–Trinajstić information content (AvgIpc) is 3.06. The number of pyridine rings is 1. The van der Waals surface area contributed by atoms with E-state index < -0.39 is 0 Å². The molecule has 3 N–H and O–H groups in total. The van der Waals surface area contributed by atoms with Crippen molar-refractivity contribution in [3.63, 3.8) is 0 Å². The summed E-state index contributed by atoms with van der Waals surface area (Å²) in [5.74, 6) is 0.794. The van der Waals surface area contributed by atoms with Crippen LogP contribution < -0.4 is 5.73 Å². The first-order valence-electron chi connectivity index (χ1n) is 8.39. The molecule has 0 aliphatic carbocycles. The van der Waals surface area contributed by atoms with Gasteiger partial charge in [0.15, 0.2) is 0 Å². The fourth-order valence-corrected chi connectivity index (χ4v) is 2.83. The number of aromatic nitrogens is 3. The van der Waals surface area contributed by atoms with Crippen LogP contribution in [0.5, 0.6) is 0 Å². The minimum absolute atomic E-state index is 0.212. The van der Waals surface area contributed by atoms with Crippen molar-refractivity contribution >= 4 is 16.7 Å². The lowest BCUT2D eigenvalue weighted by atomic mass is 10.1. The van der Waals surface area contributed by atoms with E-state index in [1.165, 1.54) is 5.39 Å². The molecule has 5 nitrogen and oxygen atoms in total. The lowest BCUT2D eigenvalue weighted by Gasteiger charge is -2.01. The number of nitrogens with two attached hydrogens (primary N) is 1. The fraction of sp³-hybridized carbons (Fsp3) is 0.316. The molecule has 0 saturated carbocycles. The number of amides is 1. The van der Waals surface area contributed by atoms with Crippen molar-refractivity contribution in [2.75, 3.05) is 0 Å². The van der Waals surface area contributed by atoms with Gasteiger partial charge in [0.25, 0.3) is 0 Å². The Morgan fingerprint density at radius 2 is 1.92 bits per heavy atom. The van der Waals surface area contributed by atoms with Gasteiger partial charge < -0.3 is 10.7 Å². The lowest BCUT2D eigenvalue weighted by Crippen LogP contribution is -2.09. The van der Waals surface area contributed by atoms with Crippen LogP contribution in [-0.2, 0) is 11.2 Å². The first kappa shape index (κ1) is 16.2. The molecule has 2 heterocycles. The predicted molar refractivity (Wildman–Crippen MR) is 95.3 cm³/mol. The van der Waals surface area contributed by atoms with Crippen molar-refractivity contribution in [1.82, 2.24) is 15.0 Å². The number of H-pyrrole nitrogens is 1. The molecule has 3 rings (SSSR count). The number of hydrogen-bond donors (Lipinski definition) is 2. The van der Waals surface area contributed by atoms with E-state index in [9.17, 15) is 4.79 Å². The molecule has 0 aliphatic heterocycles. The van der Waals surface area contributed by atoms with E-state index >= 15 is 0 Å². The summed E-state index contributed by atoms with van der Waals surface area (Å²) < 4.78 is 0. The van der Waals surface area contributed by atoms with Crippen molar-refractivity contribution in [3.05, 3.63) is 48.7 Å². The van der Waals surface area contributed by atoms with E-state index in [-0.39, 0.29) is 5.91 Å². The van der Waals surface area contributed by atoms with Gasteiger partial charge in [0.2, 0.25) is 5.91 Å². The molecule has 0 spiro atoms. The summed E-state index contributed by atoms with van der Waals surface area (Å²) in [4.78, 5) is 22.7. The quantitative estimate of drug-likeness (QED) is 0.621. The summed E-state index contributed by atoms with van der Waals surface area (Å²) >= 11 is 0. The van der Waals surface area contributed by atoms with Gasteiger partial charge in [-0.05, 0) is 30.4 Å². The Hall–Kier alpha value is -2.69. The Balaban J connectivity index is 1.55. The summed E-state index contributed by atoms with van der Waals surface area (Å²) in [7, 11) is 0. The SMILES string of the molecule is NC(=O)CCCCCCc1ncc(-c2ccc3ccncc3c2)[nH]1. The number of benzene rings is 1. The molecule has 24 heavy (non-hydrogen) atoms. The van der Waals surface area contributed by atoms with Crippen LogP contribution >= 0.6 is 0 Å². The number of rotatable bonds is 8. The molecule has 1 amide bonds. The third-order valence-electron chi connectivity index (χ3n) is 4.17. The van der Waals surface area contributed by atoms with Crippen LogP contribution in [0, 0.1) is 0 Å². The molecular weight excluding hydrogens is 300 g/mol. The highest BCUT2D eigenvalue weighted by atomic mass is 16.1. The van der Waals surface area contributed by atoms with E-state index in [0.717, 1.165) is 54.6 Å². The van der Waals surface area contributed by atoms with Gasteiger partial charge in [0, 0.05) is 36.2 Å². The van der Waals surface area contributed by atoms with Crippen LogP contribution in [-0.4, -0.2) is 20.9 Å². The van der Waals surface area contributed by atoms with Crippen LogP contribution in [0.2, 0.25) is 0 Å². The standard InChI is InChI=1S/C19H22N4O/c20-18(24)5-3-1-2-4-6-19-22-13-17(23-19)15-8-7-14-9-10-21-12-16(14)11-15/h7-13H,1-6H2,(H2,20,24)(H,22,23). The van der Waals surface area contributed by atoms with Crippen molar-refractivity contribution in [2.45, 2.75) is 38.5 Å². The monoisotopic (exact) mass is 322 g/mol. The smallest absolute Gasteiger partial charge is 0.217 e. The number of aromatic amines is 1. The molecule has 0 saturated heterocycles. The summed E-state index contributed by atoms with van der Waals surface area (Å²) in [6.07, 6.45) is 11.0. The van der Waals surface area contributed by atoms with Crippen LogP contribution in [0.25, 0.3) is 22.0 Å². The van der Waals surface area contributed by atoms with Gasteiger partial charge in [-0.3, -0.25) is 9.78 Å². The van der Waals surface area contributed by atoms with Gasteiger partial charge in [0.05, 0.1) is 11.9 Å². The molecule has 0 atom stereocenters. The normalized spacial score (nSPS) is 11.0. The van der Waals surface area contributed by atoms with Crippen LogP contribution in [0.1, 0.15) is 37.9 Å². The molecule has 0 radical (unpaired) electrons. The van der Waals surface area contributed by atoms with Crippen molar-refractivity contribution in [2.24, 2.45) is 5.73 Å². The lowest BCUT2D eigenvalue weighted by molar-refractivity contribution is -0.118. The Bertz CT molecular complexity index is 825. The van der Waals surface area contributed by atoms with Gasteiger partial charge in [-0.1, -0.05) is 25.0 Å². The first-order chi connectivity index (χ1) is 11.7. The van der Waals surface area contributed by atoms with Crippen LogP contribution in [0.4, 0.5) is 0 Å². The zero-order valence-corrected chi connectivity index (χ0v) is 13.7. The average molecular weight is 322 g/mol. The minimum Gasteiger partial charge on any atom is -0.370 e. The van der Waals surface area contributed by atoms with E-state index in [2.05, 4.69) is 33.2 Å². The van der Waals surface area contributed by atoms with Crippen molar-refractivity contribution in [3.8, 4) is 11.3 Å². The topological polar surface area (TPSA) is 84.7 Å². The number of nitrogens with one attached hydrogen (secondary N) is 1. The largest absolute Gasteiger partial charge is 0.370 e. The zero-order chi connectivity index (χ0) is 16.8. The van der Waals surface area contributed by atoms with E-state index in [1.807, 2.05) is 18.5 Å². The Labute approximate surface area is 141 Å². The summed E-state index contributed by atoms with van der Waals surface area (Å²) in [5, 5.41) is 2.31. The molecular formula is C19H22N4O.